The maximum absolute atomic E-state index is 12.4. The molecule has 0 spiro atoms. The number of carbonyl (C=O) groups excluding carboxylic acids is 1. The zero-order chi connectivity index (χ0) is 19.9. The molecule has 1 saturated heterocycles. The molecule has 0 saturated carbocycles. The van der Waals surface area contributed by atoms with Crippen molar-refractivity contribution in [3.63, 3.8) is 0 Å². The van der Waals surface area contributed by atoms with Crippen LogP contribution in [0.15, 0.2) is 42.5 Å². The normalized spacial score (nSPS) is 15.2. The lowest BCUT2D eigenvalue weighted by Crippen LogP contribution is -2.38. The van der Waals surface area contributed by atoms with Crippen LogP contribution in [-0.2, 0) is 4.79 Å². The Hall–Kier alpha value is -2.53. The third kappa shape index (κ3) is 5.04. The maximum atomic E-state index is 12.4. The van der Waals surface area contributed by atoms with E-state index in [1.165, 1.54) is 18.4 Å². The van der Waals surface area contributed by atoms with E-state index in [0.717, 1.165) is 35.7 Å². The van der Waals surface area contributed by atoms with Crippen molar-refractivity contribution in [2.75, 3.05) is 33.4 Å². The zero-order valence-electron chi connectivity index (χ0n) is 17.0. The largest absolute Gasteiger partial charge is 0.496 e. The lowest BCUT2D eigenvalue weighted by Gasteiger charge is -2.29. The van der Waals surface area contributed by atoms with Gasteiger partial charge in [0.1, 0.15) is 11.5 Å². The van der Waals surface area contributed by atoms with Crippen LogP contribution in [0.25, 0.3) is 0 Å². The van der Waals surface area contributed by atoms with Gasteiger partial charge < -0.3 is 14.8 Å². The van der Waals surface area contributed by atoms with Gasteiger partial charge in [0.25, 0.3) is 5.91 Å². The number of amides is 1. The van der Waals surface area contributed by atoms with Crippen molar-refractivity contribution in [3.05, 3.63) is 59.2 Å². The topological polar surface area (TPSA) is 50.8 Å². The molecule has 1 atom stereocenters. The van der Waals surface area contributed by atoms with Crippen LogP contribution in [-0.4, -0.2) is 44.2 Å². The quantitative estimate of drug-likeness (QED) is 0.757. The van der Waals surface area contributed by atoms with Crippen molar-refractivity contribution >= 4 is 5.91 Å². The summed E-state index contributed by atoms with van der Waals surface area (Å²) in [5.41, 5.74) is 3.48. The Labute approximate surface area is 167 Å². The number of benzene rings is 2. The van der Waals surface area contributed by atoms with Gasteiger partial charge in [-0.25, -0.2) is 0 Å². The maximum Gasteiger partial charge on any atom is 0.258 e. The van der Waals surface area contributed by atoms with Gasteiger partial charge in [-0.3, -0.25) is 9.69 Å². The van der Waals surface area contributed by atoms with E-state index in [4.69, 9.17) is 9.47 Å². The molecule has 150 valence electrons. The standard InChI is InChI=1S/C23H30N2O3/c1-17-10-11-19(14-18(17)2)28-16-23(26)24-15-21(25-12-6-7-13-25)20-8-4-5-9-22(20)27-3/h4-5,8-11,14,21H,6-7,12-13,15-16H2,1-3H3,(H,24,26). The minimum Gasteiger partial charge on any atom is -0.496 e. The number of methoxy groups -OCH3 is 1. The van der Waals surface area contributed by atoms with Gasteiger partial charge >= 0.3 is 0 Å². The van der Waals surface area contributed by atoms with Crippen molar-refractivity contribution in [2.45, 2.75) is 32.7 Å². The van der Waals surface area contributed by atoms with Crippen LogP contribution >= 0.6 is 0 Å². The molecule has 2 aromatic carbocycles. The average Bonchev–Trinajstić information content (AvgIpc) is 3.24. The van der Waals surface area contributed by atoms with E-state index in [9.17, 15) is 4.79 Å². The van der Waals surface area contributed by atoms with Crippen molar-refractivity contribution in [2.24, 2.45) is 0 Å². The summed E-state index contributed by atoms with van der Waals surface area (Å²) in [5, 5.41) is 3.04. The van der Waals surface area contributed by atoms with Crippen molar-refractivity contribution in [1.29, 1.82) is 0 Å². The Morgan fingerprint density at radius 2 is 1.86 bits per heavy atom. The third-order valence-corrected chi connectivity index (χ3v) is 5.42. The molecule has 1 heterocycles. The summed E-state index contributed by atoms with van der Waals surface area (Å²) in [6, 6.07) is 14.0. The van der Waals surface area contributed by atoms with Gasteiger partial charge in [0, 0.05) is 12.1 Å². The summed E-state index contributed by atoms with van der Waals surface area (Å²) in [5.74, 6) is 1.47. The van der Waals surface area contributed by atoms with Gasteiger partial charge in [-0.2, -0.15) is 0 Å². The molecule has 5 heteroatoms. The van der Waals surface area contributed by atoms with Crippen LogP contribution in [0.4, 0.5) is 0 Å². The number of nitrogens with zero attached hydrogens (tertiary/aromatic N) is 1. The summed E-state index contributed by atoms with van der Waals surface area (Å²) < 4.78 is 11.2. The first-order chi connectivity index (χ1) is 13.6. The van der Waals surface area contributed by atoms with E-state index in [1.807, 2.05) is 43.3 Å². The molecule has 2 aromatic rings. The molecule has 1 aliphatic rings. The molecule has 1 N–H and O–H groups in total. The highest BCUT2D eigenvalue weighted by Crippen LogP contribution is 2.31. The minimum atomic E-state index is -0.114. The summed E-state index contributed by atoms with van der Waals surface area (Å²) in [4.78, 5) is 14.8. The first-order valence-corrected chi connectivity index (χ1v) is 9.92. The fourth-order valence-corrected chi connectivity index (χ4v) is 3.64. The second-order valence-corrected chi connectivity index (χ2v) is 7.34. The van der Waals surface area contributed by atoms with Crippen LogP contribution in [0.1, 0.15) is 35.6 Å². The Kier molecular flexibility index (Phi) is 6.93. The Morgan fingerprint density at radius 3 is 2.57 bits per heavy atom. The van der Waals surface area contributed by atoms with Crippen molar-refractivity contribution < 1.29 is 14.3 Å². The van der Waals surface area contributed by atoms with Crippen LogP contribution in [0, 0.1) is 13.8 Å². The smallest absolute Gasteiger partial charge is 0.258 e. The average molecular weight is 383 g/mol. The highest BCUT2D eigenvalue weighted by molar-refractivity contribution is 5.77. The summed E-state index contributed by atoms with van der Waals surface area (Å²) >= 11 is 0. The molecular formula is C23H30N2O3. The highest BCUT2D eigenvalue weighted by atomic mass is 16.5. The number of hydrogen-bond donors (Lipinski definition) is 1. The van der Waals surface area contributed by atoms with E-state index >= 15 is 0 Å². The Bertz CT molecular complexity index is 800. The lowest BCUT2D eigenvalue weighted by molar-refractivity contribution is -0.123. The number of carbonyl (C=O) groups is 1. The van der Waals surface area contributed by atoms with Crippen LogP contribution in [0.5, 0.6) is 11.5 Å². The van der Waals surface area contributed by atoms with Crippen LogP contribution in [0.3, 0.4) is 0 Å². The van der Waals surface area contributed by atoms with E-state index in [-0.39, 0.29) is 18.6 Å². The minimum absolute atomic E-state index is 0.0150. The van der Waals surface area contributed by atoms with E-state index in [2.05, 4.69) is 23.2 Å². The number of hydrogen-bond acceptors (Lipinski definition) is 4. The Balaban J connectivity index is 1.61. The number of aryl methyl sites for hydroxylation is 2. The summed E-state index contributed by atoms with van der Waals surface area (Å²) in [7, 11) is 1.69. The van der Waals surface area contributed by atoms with Crippen LogP contribution in [0.2, 0.25) is 0 Å². The van der Waals surface area contributed by atoms with Gasteiger partial charge in [0.05, 0.1) is 13.2 Å². The molecule has 5 nitrogen and oxygen atoms in total. The predicted molar refractivity (Wildman–Crippen MR) is 111 cm³/mol. The number of likely N-dealkylation sites (tertiary alicyclic amines) is 1. The molecule has 3 rings (SSSR count). The van der Waals surface area contributed by atoms with Gasteiger partial charge in [0.2, 0.25) is 0 Å². The number of rotatable bonds is 8. The fraction of sp³-hybridized carbons (Fsp3) is 0.435. The molecule has 1 amide bonds. The van der Waals surface area contributed by atoms with Gasteiger partial charge in [-0.05, 0) is 69.1 Å². The van der Waals surface area contributed by atoms with E-state index in [0.29, 0.717) is 6.54 Å². The molecule has 0 aliphatic carbocycles. The molecule has 0 radical (unpaired) electrons. The SMILES string of the molecule is COc1ccccc1C(CNC(=O)COc1ccc(C)c(C)c1)N1CCCC1. The van der Waals surface area contributed by atoms with Gasteiger partial charge in [0.15, 0.2) is 6.61 Å². The molecule has 1 aliphatic heterocycles. The van der Waals surface area contributed by atoms with Gasteiger partial charge in [-0.1, -0.05) is 24.3 Å². The fourth-order valence-electron chi connectivity index (χ4n) is 3.64. The van der Waals surface area contributed by atoms with E-state index < -0.39 is 0 Å². The zero-order valence-corrected chi connectivity index (χ0v) is 17.0. The third-order valence-electron chi connectivity index (χ3n) is 5.42. The lowest BCUT2D eigenvalue weighted by atomic mass is 10.0. The molecule has 0 bridgehead atoms. The highest BCUT2D eigenvalue weighted by Gasteiger charge is 2.26. The van der Waals surface area contributed by atoms with Crippen LogP contribution < -0.4 is 14.8 Å². The molecule has 1 unspecified atom stereocenters. The second-order valence-electron chi connectivity index (χ2n) is 7.34. The molecular weight excluding hydrogens is 352 g/mol. The first kappa shape index (κ1) is 20.2. The molecule has 28 heavy (non-hydrogen) atoms. The predicted octanol–water partition coefficient (Wildman–Crippen LogP) is 3.64. The molecule has 0 aromatic heterocycles. The first-order valence-electron chi connectivity index (χ1n) is 9.92. The van der Waals surface area contributed by atoms with Crippen molar-refractivity contribution in [1.82, 2.24) is 10.2 Å². The molecule has 1 fully saturated rings. The van der Waals surface area contributed by atoms with Gasteiger partial charge in [-0.15, -0.1) is 0 Å². The second kappa shape index (κ2) is 9.60. The number of ether oxygens (including phenoxy) is 2. The summed E-state index contributed by atoms with van der Waals surface area (Å²) in [6.45, 7) is 6.73. The van der Waals surface area contributed by atoms with Crippen molar-refractivity contribution in [3.8, 4) is 11.5 Å². The Morgan fingerprint density at radius 1 is 1.11 bits per heavy atom. The number of nitrogens with one attached hydrogen (secondary N) is 1. The monoisotopic (exact) mass is 382 g/mol. The van der Waals surface area contributed by atoms with E-state index in [1.54, 1.807) is 7.11 Å². The number of para-hydroxylation sites is 1. The summed E-state index contributed by atoms with van der Waals surface area (Å²) in [6.07, 6.45) is 2.38.